The van der Waals surface area contributed by atoms with Crippen LogP contribution in [0.1, 0.15) is 44.1 Å². The lowest BCUT2D eigenvalue weighted by molar-refractivity contribution is -0.903. The van der Waals surface area contributed by atoms with Crippen molar-refractivity contribution in [1.29, 1.82) is 0 Å². The summed E-state index contributed by atoms with van der Waals surface area (Å²) in [5.74, 6) is 3.81. The van der Waals surface area contributed by atoms with Crippen LogP contribution in [0.3, 0.4) is 0 Å². The molecular formula is C29H39N2O2+. The molecule has 0 unspecified atom stereocenters. The van der Waals surface area contributed by atoms with E-state index in [2.05, 4.69) is 59.5 Å². The van der Waals surface area contributed by atoms with Crippen LogP contribution in [0.2, 0.25) is 0 Å². The van der Waals surface area contributed by atoms with E-state index < -0.39 is 6.10 Å². The summed E-state index contributed by atoms with van der Waals surface area (Å²) in [5.41, 5.74) is 3.28. The van der Waals surface area contributed by atoms with Crippen LogP contribution in [-0.4, -0.2) is 50.5 Å². The largest absolute Gasteiger partial charge is 0.491 e. The minimum Gasteiger partial charge on any atom is -0.491 e. The third kappa shape index (κ3) is 4.52. The normalized spacial score (nSPS) is 32.2. The van der Waals surface area contributed by atoms with Gasteiger partial charge in [-0.3, -0.25) is 0 Å². The Bertz CT molecular complexity index is 885. The van der Waals surface area contributed by atoms with Crippen LogP contribution in [0.15, 0.2) is 54.6 Å². The number of aliphatic hydroxyl groups is 1. The predicted molar refractivity (Wildman–Crippen MR) is 132 cm³/mol. The van der Waals surface area contributed by atoms with Gasteiger partial charge in [0.05, 0.1) is 26.2 Å². The van der Waals surface area contributed by atoms with Crippen molar-refractivity contribution in [2.75, 3.05) is 44.2 Å². The monoisotopic (exact) mass is 447 g/mol. The second-order valence-electron chi connectivity index (χ2n) is 11.5. The molecule has 2 aromatic carbocycles. The Kier molecular flexibility index (Phi) is 5.83. The number of aliphatic hydroxyl groups excluding tert-OH is 1. The molecule has 4 aliphatic carbocycles. The van der Waals surface area contributed by atoms with Crippen LogP contribution in [0.4, 0.5) is 5.69 Å². The molecule has 5 aliphatic rings. The summed E-state index contributed by atoms with van der Waals surface area (Å²) >= 11 is 0. The Hall–Kier alpha value is -2.04. The van der Waals surface area contributed by atoms with Crippen molar-refractivity contribution in [2.45, 2.75) is 50.0 Å². The van der Waals surface area contributed by atoms with Crippen LogP contribution in [0.5, 0.6) is 5.75 Å². The maximum absolute atomic E-state index is 10.6. The standard InChI is InChI=1S/C29H38N2O2/c32-27(20-30-10-12-31(13-11-30)26-4-2-1-3-5-26)21-33-28-8-6-25(7-9-28)29-17-22-14-23(18-29)16-24(15-22)19-29/h1-9,22-24,27,32H,10-21H2/p+1/t22?,23?,24?,27-,29?/m1/s1. The van der Waals surface area contributed by atoms with Gasteiger partial charge in [0, 0.05) is 5.69 Å². The Morgan fingerprint density at radius 3 is 2.09 bits per heavy atom. The van der Waals surface area contributed by atoms with Gasteiger partial charge in [0.25, 0.3) is 0 Å². The van der Waals surface area contributed by atoms with Crippen LogP contribution in [-0.2, 0) is 5.41 Å². The van der Waals surface area contributed by atoms with Crippen molar-refractivity contribution in [3.63, 3.8) is 0 Å². The van der Waals surface area contributed by atoms with E-state index in [1.54, 1.807) is 0 Å². The van der Waals surface area contributed by atoms with Crippen LogP contribution < -0.4 is 14.5 Å². The number of hydrogen-bond donors (Lipinski definition) is 2. The molecule has 0 radical (unpaired) electrons. The fraction of sp³-hybridized carbons (Fsp3) is 0.586. The summed E-state index contributed by atoms with van der Waals surface area (Å²) in [6.07, 6.45) is 8.24. The molecule has 0 aromatic heterocycles. The molecule has 0 spiro atoms. The molecule has 1 heterocycles. The molecule has 4 bridgehead atoms. The molecule has 1 saturated heterocycles. The number of para-hydroxylation sites is 1. The average Bonchev–Trinajstić information content (AvgIpc) is 2.83. The summed E-state index contributed by atoms with van der Waals surface area (Å²) in [5, 5.41) is 10.6. The molecule has 4 heteroatoms. The highest BCUT2D eigenvalue weighted by Gasteiger charge is 2.51. The Labute approximate surface area is 198 Å². The van der Waals surface area contributed by atoms with Crippen molar-refractivity contribution >= 4 is 5.69 Å². The van der Waals surface area contributed by atoms with E-state index in [1.165, 1.54) is 54.7 Å². The Balaban J connectivity index is 0.980. The third-order valence-corrected chi connectivity index (χ3v) is 9.06. The number of anilines is 1. The number of nitrogens with one attached hydrogen (secondary N) is 1. The molecule has 5 fully saturated rings. The Morgan fingerprint density at radius 2 is 1.48 bits per heavy atom. The number of ether oxygens (including phenoxy) is 1. The molecule has 4 nitrogen and oxygen atoms in total. The molecule has 7 rings (SSSR count). The van der Waals surface area contributed by atoms with Gasteiger partial charge in [-0.25, -0.2) is 0 Å². The average molecular weight is 448 g/mol. The van der Waals surface area contributed by atoms with E-state index in [9.17, 15) is 5.11 Å². The Morgan fingerprint density at radius 1 is 0.879 bits per heavy atom. The molecule has 4 saturated carbocycles. The molecule has 1 atom stereocenters. The fourth-order valence-electron chi connectivity index (χ4n) is 7.88. The quantitative estimate of drug-likeness (QED) is 0.684. The van der Waals surface area contributed by atoms with Gasteiger partial charge in [-0.2, -0.15) is 0 Å². The van der Waals surface area contributed by atoms with Crippen molar-refractivity contribution in [3.05, 3.63) is 60.2 Å². The maximum atomic E-state index is 10.6. The van der Waals surface area contributed by atoms with E-state index >= 15 is 0 Å². The molecule has 2 N–H and O–H groups in total. The molecule has 2 aromatic rings. The van der Waals surface area contributed by atoms with Crippen molar-refractivity contribution in [2.24, 2.45) is 17.8 Å². The second kappa shape index (κ2) is 8.96. The van der Waals surface area contributed by atoms with Gasteiger partial charge in [-0.05, 0) is 91.5 Å². The SMILES string of the molecule is O[C@@H](COc1ccc(C23CC4CC(CC(C4)C2)C3)cc1)C[NH+]1CCN(c2ccccc2)CC1. The smallest absolute Gasteiger partial charge is 0.137 e. The summed E-state index contributed by atoms with van der Waals surface area (Å²) in [4.78, 5) is 3.91. The van der Waals surface area contributed by atoms with Crippen molar-refractivity contribution in [1.82, 2.24) is 0 Å². The summed E-state index contributed by atoms with van der Waals surface area (Å²) in [6.45, 7) is 5.34. The predicted octanol–water partition coefficient (Wildman–Crippen LogP) is 3.30. The van der Waals surface area contributed by atoms with Gasteiger partial charge >= 0.3 is 0 Å². The van der Waals surface area contributed by atoms with E-state index in [0.717, 1.165) is 56.2 Å². The first-order chi connectivity index (χ1) is 16.1. The minimum atomic E-state index is -0.425. The lowest BCUT2D eigenvalue weighted by Gasteiger charge is -2.57. The number of benzene rings is 2. The van der Waals surface area contributed by atoms with Gasteiger partial charge in [-0.1, -0.05) is 30.3 Å². The minimum absolute atomic E-state index is 0.378. The van der Waals surface area contributed by atoms with E-state index in [0.29, 0.717) is 12.0 Å². The first-order valence-corrected chi connectivity index (χ1v) is 13.2. The van der Waals surface area contributed by atoms with Crippen LogP contribution in [0, 0.1) is 17.8 Å². The maximum Gasteiger partial charge on any atom is 0.137 e. The number of piperazine rings is 1. The zero-order chi connectivity index (χ0) is 22.3. The number of nitrogens with zero attached hydrogens (tertiary/aromatic N) is 1. The van der Waals surface area contributed by atoms with E-state index in [4.69, 9.17) is 4.74 Å². The van der Waals surface area contributed by atoms with Gasteiger partial charge in [0.15, 0.2) is 0 Å². The lowest BCUT2D eigenvalue weighted by atomic mass is 9.48. The summed E-state index contributed by atoms with van der Waals surface area (Å²) in [7, 11) is 0. The van der Waals surface area contributed by atoms with Gasteiger partial charge in [0.1, 0.15) is 25.0 Å². The van der Waals surface area contributed by atoms with Crippen LogP contribution >= 0.6 is 0 Å². The van der Waals surface area contributed by atoms with E-state index in [-0.39, 0.29) is 0 Å². The van der Waals surface area contributed by atoms with Gasteiger partial charge < -0.3 is 19.6 Å². The molecular weight excluding hydrogens is 408 g/mol. The van der Waals surface area contributed by atoms with E-state index in [1.807, 2.05) is 0 Å². The number of rotatable bonds is 7. The molecule has 0 amide bonds. The lowest BCUT2D eigenvalue weighted by Crippen LogP contribution is -3.16. The third-order valence-electron chi connectivity index (χ3n) is 9.06. The summed E-state index contributed by atoms with van der Waals surface area (Å²) < 4.78 is 6.00. The first kappa shape index (κ1) is 21.5. The number of hydrogen-bond acceptors (Lipinski definition) is 3. The fourth-order valence-corrected chi connectivity index (χ4v) is 7.88. The highest BCUT2D eigenvalue weighted by atomic mass is 16.5. The number of quaternary nitrogens is 1. The van der Waals surface area contributed by atoms with Gasteiger partial charge in [0.2, 0.25) is 0 Å². The highest BCUT2D eigenvalue weighted by molar-refractivity contribution is 5.46. The highest BCUT2D eigenvalue weighted by Crippen LogP contribution is 2.60. The van der Waals surface area contributed by atoms with Crippen molar-refractivity contribution in [3.8, 4) is 5.75 Å². The second-order valence-corrected chi connectivity index (χ2v) is 11.5. The zero-order valence-corrected chi connectivity index (χ0v) is 19.8. The zero-order valence-electron chi connectivity index (χ0n) is 19.8. The molecule has 176 valence electrons. The molecule has 1 aliphatic heterocycles. The topological polar surface area (TPSA) is 37.1 Å². The van der Waals surface area contributed by atoms with Crippen molar-refractivity contribution < 1.29 is 14.7 Å². The first-order valence-electron chi connectivity index (χ1n) is 13.2. The molecule has 33 heavy (non-hydrogen) atoms. The summed E-state index contributed by atoms with van der Waals surface area (Å²) in [6, 6.07) is 19.6. The van der Waals surface area contributed by atoms with Crippen LogP contribution in [0.25, 0.3) is 0 Å². The van der Waals surface area contributed by atoms with Gasteiger partial charge in [-0.15, -0.1) is 0 Å².